The van der Waals surface area contributed by atoms with Crippen LogP contribution >= 0.6 is 0 Å². The number of hydrogen-bond acceptors (Lipinski definition) is 4. The molecule has 50 valence electrons. The molecular formula is C5H9N3O. The van der Waals surface area contributed by atoms with E-state index in [-0.39, 0.29) is 0 Å². The highest BCUT2D eigenvalue weighted by atomic mass is 16.5. The molecule has 0 aliphatic rings. The standard InChI is InChI=1S/C5H9N3O/c1-3-4(2-6)5(7)9-8-3/h2,6-7H2,1H3. The summed E-state index contributed by atoms with van der Waals surface area (Å²) in [5.41, 5.74) is 12.2. The van der Waals surface area contributed by atoms with Crippen LogP contribution in [-0.2, 0) is 6.54 Å². The van der Waals surface area contributed by atoms with Gasteiger partial charge in [0.25, 0.3) is 0 Å². The van der Waals surface area contributed by atoms with Gasteiger partial charge in [-0.1, -0.05) is 5.16 Å². The van der Waals surface area contributed by atoms with Crippen LogP contribution in [0.15, 0.2) is 4.52 Å². The van der Waals surface area contributed by atoms with E-state index in [1.165, 1.54) is 0 Å². The average molecular weight is 127 g/mol. The molecule has 0 aromatic carbocycles. The molecule has 0 saturated heterocycles. The van der Waals surface area contributed by atoms with E-state index in [0.717, 1.165) is 11.3 Å². The fraction of sp³-hybridized carbons (Fsp3) is 0.400. The Morgan fingerprint density at radius 1 is 1.67 bits per heavy atom. The van der Waals surface area contributed by atoms with Crippen molar-refractivity contribution in [1.82, 2.24) is 5.16 Å². The van der Waals surface area contributed by atoms with Gasteiger partial charge in [0.15, 0.2) is 0 Å². The Labute approximate surface area is 52.8 Å². The summed E-state index contributed by atoms with van der Waals surface area (Å²) in [5, 5.41) is 3.61. The maximum absolute atomic E-state index is 5.34. The van der Waals surface area contributed by atoms with Crippen molar-refractivity contribution in [2.75, 3.05) is 5.73 Å². The molecule has 1 aromatic rings. The molecule has 0 bridgehead atoms. The van der Waals surface area contributed by atoms with Gasteiger partial charge < -0.3 is 16.0 Å². The summed E-state index contributed by atoms with van der Waals surface area (Å²) >= 11 is 0. The van der Waals surface area contributed by atoms with Gasteiger partial charge in [0, 0.05) is 6.54 Å². The smallest absolute Gasteiger partial charge is 0.226 e. The lowest BCUT2D eigenvalue weighted by molar-refractivity contribution is 0.431. The van der Waals surface area contributed by atoms with Crippen LogP contribution in [0.1, 0.15) is 11.3 Å². The first-order valence-corrected chi connectivity index (χ1v) is 2.66. The summed E-state index contributed by atoms with van der Waals surface area (Å²) in [6, 6.07) is 0. The molecule has 0 atom stereocenters. The van der Waals surface area contributed by atoms with E-state index in [9.17, 15) is 0 Å². The van der Waals surface area contributed by atoms with Gasteiger partial charge in [-0.05, 0) is 6.92 Å². The Kier molecular flexibility index (Phi) is 1.40. The van der Waals surface area contributed by atoms with E-state index in [0.29, 0.717) is 12.4 Å². The second kappa shape index (κ2) is 2.06. The highest BCUT2D eigenvalue weighted by molar-refractivity contribution is 5.37. The molecule has 0 aliphatic heterocycles. The minimum absolute atomic E-state index is 0.329. The largest absolute Gasteiger partial charge is 0.367 e. The van der Waals surface area contributed by atoms with E-state index in [1.54, 1.807) is 0 Å². The lowest BCUT2D eigenvalue weighted by atomic mass is 10.2. The quantitative estimate of drug-likeness (QED) is 0.557. The Bertz CT molecular complexity index is 186. The predicted octanol–water partition coefficient (Wildman–Crippen LogP) is 0.0239. The van der Waals surface area contributed by atoms with Crippen LogP contribution in [0.25, 0.3) is 0 Å². The van der Waals surface area contributed by atoms with Gasteiger partial charge in [0.2, 0.25) is 5.88 Å². The van der Waals surface area contributed by atoms with Crippen molar-refractivity contribution >= 4 is 5.88 Å². The Balaban J connectivity index is 3.07. The highest BCUT2D eigenvalue weighted by Crippen LogP contribution is 2.13. The van der Waals surface area contributed by atoms with Gasteiger partial charge in [-0.2, -0.15) is 0 Å². The van der Waals surface area contributed by atoms with E-state index < -0.39 is 0 Å². The number of hydrogen-bond donors (Lipinski definition) is 2. The van der Waals surface area contributed by atoms with E-state index in [1.807, 2.05) is 6.92 Å². The molecule has 0 fully saturated rings. The normalized spacial score (nSPS) is 10.0. The zero-order valence-electron chi connectivity index (χ0n) is 5.22. The van der Waals surface area contributed by atoms with Crippen molar-refractivity contribution in [2.24, 2.45) is 5.73 Å². The lowest BCUT2D eigenvalue weighted by Crippen LogP contribution is -1.99. The fourth-order valence-electron chi connectivity index (χ4n) is 0.654. The van der Waals surface area contributed by atoms with Gasteiger partial charge in [-0.25, -0.2) is 0 Å². The molecule has 0 spiro atoms. The molecule has 9 heavy (non-hydrogen) atoms. The van der Waals surface area contributed by atoms with E-state index in [2.05, 4.69) is 9.68 Å². The summed E-state index contributed by atoms with van der Waals surface area (Å²) < 4.78 is 4.63. The number of aryl methyl sites for hydroxylation is 1. The minimum Gasteiger partial charge on any atom is -0.367 e. The third kappa shape index (κ3) is 0.882. The van der Waals surface area contributed by atoms with Crippen molar-refractivity contribution in [2.45, 2.75) is 13.5 Å². The number of nitrogens with two attached hydrogens (primary N) is 2. The Morgan fingerprint density at radius 3 is 2.56 bits per heavy atom. The van der Waals surface area contributed by atoms with Crippen molar-refractivity contribution in [3.63, 3.8) is 0 Å². The maximum atomic E-state index is 5.34. The van der Waals surface area contributed by atoms with Gasteiger partial charge in [0.1, 0.15) is 0 Å². The molecule has 0 radical (unpaired) electrons. The van der Waals surface area contributed by atoms with Gasteiger partial charge in [-0.3, -0.25) is 0 Å². The fourth-order valence-corrected chi connectivity index (χ4v) is 0.654. The molecule has 0 aliphatic carbocycles. The highest BCUT2D eigenvalue weighted by Gasteiger charge is 2.05. The summed E-state index contributed by atoms with van der Waals surface area (Å²) in [6.45, 7) is 2.20. The van der Waals surface area contributed by atoms with Crippen molar-refractivity contribution < 1.29 is 4.52 Å². The van der Waals surface area contributed by atoms with E-state index >= 15 is 0 Å². The zero-order chi connectivity index (χ0) is 6.85. The second-order valence-corrected chi connectivity index (χ2v) is 1.81. The van der Waals surface area contributed by atoms with Gasteiger partial charge >= 0.3 is 0 Å². The first-order valence-electron chi connectivity index (χ1n) is 2.66. The number of anilines is 1. The molecule has 1 rings (SSSR count). The van der Waals surface area contributed by atoms with Crippen LogP contribution in [0, 0.1) is 6.92 Å². The van der Waals surface area contributed by atoms with Crippen LogP contribution < -0.4 is 11.5 Å². The number of nitrogen functional groups attached to an aromatic ring is 1. The molecule has 1 aromatic heterocycles. The number of rotatable bonds is 1. The van der Waals surface area contributed by atoms with Crippen LogP contribution in [0.3, 0.4) is 0 Å². The molecule has 4 heteroatoms. The Morgan fingerprint density at radius 2 is 2.33 bits per heavy atom. The SMILES string of the molecule is Cc1noc(N)c1CN. The van der Waals surface area contributed by atoms with Crippen LogP contribution in [0.2, 0.25) is 0 Å². The summed E-state index contributed by atoms with van der Waals surface area (Å²) in [7, 11) is 0. The molecule has 0 amide bonds. The number of nitrogens with zero attached hydrogens (tertiary/aromatic N) is 1. The molecule has 1 heterocycles. The molecule has 4 N–H and O–H groups in total. The minimum atomic E-state index is 0.329. The average Bonchev–Trinajstić information content (AvgIpc) is 2.12. The third-order valence-corrected chi connectivity index (χ3v) is 1.22. The van der Waals surface area contributed by atoms with Gasteiger partial charge in [-0.15, -0.1) is 0 Å². The topological polar surface area (TPSA) is 78.1 Å². The Hall–Kier alpha value is -1.03. The zero-order valence-corrected chi connectivity index (χ0v) is 5.22. The monoisotopic (exact) mass is 127 g/mol. The molecule has 0 unspecified atom stereocenters. The second-order valence-electron chi connectivity index (χ2n) is 1.81. The summed E-state index contributed by atoms with van der Waals surface area (Å²) in [5.74, 6) is 0.329. The predicted molar refractivity (Wildman–Crippen MR) is 33.5 cm³/mol. The molecule has 4 nitrogen and oxygen atoms in total. The van der Waals surface area contributed by atoms with Crippen molar-refractivity contribution in [3.05, 3.63) is 11.3 Å². The summed E-state index contributed by atoms with van der Waals surface area (Å²) in [4.78, 5) is 0. The van der Waals surface area contributed by atoms with Crippen molar-refractivity contribution in [3.8, 4) is 0 Å². The van der Waals surface area contributed by atoms with Crippen LogP contribution in [0.5, 0.6) is 0 Å². The lowest BCUT2D eigenvalue weighted by Gasteiger charge is -1.88. The van der Waals surface area contributed by atoms with Gasteiger partial charge in [0.05, 0.1) is 11.3 Å². The summed E-state index contributed by atoms with van der Waals surface area (Å²) in [6.07, 6.45) is 0. The van der Waals surface area contributed by atoms with Crippen LogP contribution in [0.4, 0.5) is 5.88 Å². The van der Waals surface area contributed by atoms with Crippen LogP contribution in [-0.4, -0.2) is 5.16 Å². The van der Waals surface area contributed by atoms with Crippen molar-refractivity contribution in [1.29, 1.82) is 0 Å². The first kappa shape index (κ1) is 6.10. The van der Waals surface area contributed by atoms with E-state index in [4.69, 9.17) is 11.5 Å². The number of aromatic nitrogens is 1. The molecular weight excluding hydrogens is 118 g/mol. The maximum Gasteiger partial charge on any atom is 0.226 e. The third-order valence-electron chi connectivity index (χ3n) is 1.22. The molecule has 0 saturated carbocycles. The first-order chi connectivity index (χ1) is 4.25.